The van der Waals surface area contributed by atoms with Crippen LogP contribution in [0, 0.1) is 0 Å². The molecule has 1 aliphatic heterocycles. The van der Waals surface area contributed by atoms with Gasteiger partial charge < -0.3 is 61.7 Å². The number of carbonyl (C=O) groups excluding carboxylic acids is 2. The van der Waals surface area contributed by atoms with E-state index >= 15 is 0 Å². The lowest BCUT2D eigenvalue weighted by atomic mass is 10.1. The number of amides is 2. The molecule has 0 saturated carbocycles. The minimum atomic E-state index is -0.278. The van der Waals surface area contributed by atoms with Crippen LogP contribution in [0.4, 0.5) is 0 Å². The van der Waals surface area contributed by atoms with Crippen LogP contribution >= 0.6 is 0 Å². The van der Waals surface area contributed by atoms with Gasteiger partial charge in [0.1, 0.15) is 0 Å². The highest BCUT2D eigenvalue weighted by Crippen LogP contribution is 2.21. The molecule has 0 aliphatic carbocycles. The zero-order chi connectivity index (χ0) is 37.2. The van der Waals surface area contributed by atoms with Crippen molar-refractivity contribution in [3.8, 4) is 0 Å². The second-order valence-electron chi connectivity index (χ2n) is 11.5. The van der Waals surface area contributed by atoms with E-state index in [0.29, 0.717) is 163 Å². The summed E-state index contributed by atoms with van der Waals surface area (Å²) in [6.45, 7) is 12.9. The van der Waals surface area contributed by atoms with Crippen LogP contribution in [0.5, 0.6) is 0 Å². The largest absolute Gasteiger partial charge is 0.378 e. The maximum absolute atomic E-state index is 12.3. The van der Waals surface area contributed by atoms with E-state index in [4.69, 9.17) is 56.8 Å². The van der Waals surface area contributed by atoms with E-state index in [2.05, 4.69) is 4.90 Å². The van der Waals surface area contributed by atoms with Crippen LogP contribution in [-0.2, 0) is 56.8 Å². The van der Waals surface area contributed by atoms with Crippen LogP contribution in [0.3, 0.4) is 0 Å². The average molecular weight is 747 g/mol. The highest BCUT2D eigenvalue weighted by atomic mass is 16.6. The van der Waals surface area contributed by atoms with Gasteiger partial charge in [0.05, 0.1) is 176 Å². The van der Waals surface area contributed by atoms with E-state index in [9.17, 15) is 9.59 Å². The predicted molar refractivity (Wildman–Crippen MR) is 190 cm³/mol. The van der Waals surface area contributed by atoms with Gasteiger partial charge in [-0.15, -0.1) is 0 Å². The van der Waals surface area contributed by atoms with Gasteiger partial charge in [0, 0.05) is 6.54 Å². The Morgan fingerprint density at radius 1 is 0.385 bits per heavy atom. The Morgan fingerprint density at radius 2 is 0.615 bits per heavy atom. The minimum absolute atomic E-state index is 0.213. The Balaban J connectivity index is 1.16. The number of nitrogens with zero attached hydrogens (tertiary/aromatic N) is 2. The zero-order valence-corrected chi connectivity index (χ0v) is 31.3. The lowest BCUT2D eigenvalue weighted by Crippen LogP contribution is -2.33. The minimum Gasteiger partial charge on any atom is -0.378 e. The van der Waals surface area contributed by atoms with Crippen molar-refractivity contribution >= 4 is 11.8 Å². The standard InChI is InChI=1S/C36H62N2O14/c1-37(2)7-9-41-11-13-43-15-17-45-19-21-47-23-25-49-27-29-51-31-32-52-30-28-50-26-24-48-22-20-46-18-16-44-14-12-42-10-8-38-35(39)33-5-3-4-6-34(33)36(38)40/h3-6H,7-32H2,1-2H3. The summed E-state index contributed by atoms with van der Waals surface area (Å²) >= 11 is 0. The molecule has 0 N–H and O–H groups in total. The van der Waals surface area contributed by atoms with E-state index in [-0.39, 0.29) is 25.0 Å². The van der Waals surface area contributed by atoms with Crippen LogP contribution in [0.2, 0.25) is 0 Å². The molecule has 0 saturated heterocycles. The number of fused-ring (bicyclic) bond motifs is 1. The fourth-order valence-corrected chi connectivity index (χ4v) is 4.37. The first-order chi connectivity index (χ1) is 25.6. The van der Waals surface area contributed by atoms with Crippen LogP contribution < -0.4 is 0 Å². The number of carbonyl (C=O) groups is 2. The first-order valence-corrected chi connectivity index (χ1v) is 18.1. The van der Waals surface area contributed by atoms with Gasteiger partial charge in [0.25, 0.3) is 11.8 Å². The lowest BCUT2D eigenvalue weighted by molar-refractivity contribution is -0.0284. The van der Waals surface area contributed by atoms with Gasteiger partial charge in [-0.1, -0.05) is 12.1 Å². The molecule has 0 spiro atoms. The molecule has 16 heteroatoms. The summed E-state index contributed by atoms with van der Waals surface area (Å²) in [7, 11) is 4.03. The van der Waals surface area contributed by atoms with Crippen LogP contribution in [0.15, 0.2) is 24.3 Å². The number of imide groups is 1. The van der Waals surface area contributed by atoms with Gasteiger partial charge in [-0.25, -0.2) is 0 Å². The van der Waals surface area contributed by atoms with E-state index in [0.717, 1.165) is 6.54 Å². The molecule has 1 aromatic carbocycles. The molecule has 2 amide bonds. The number of hydrogen-bond acceptors (Lipinski definition) is 15. The van der Waals surface area contributed by atoms with E-state index in [1.165, 1.54) is 4.90 Å². The van der Waals surface area contributed by atoms with Crippen molar-refractivity contribution in [1.29, 1.82) is 0 Å². The van der Waals surface area contributed by atoms with Gasteiger partial charge in [-0.05, 0) is 26.2 Å². The molecule has 0 aromatic heterocycles. The normalized spacial score (nSPS) is 12.9. The molecule has 0 bridgehead atoms. The third-order valence-corrected chi connectivity index (χ3v) is 7.11. The number of ether oxygens (including phenoxy) is 12. The fraction of sp³-hybridized carbons (Fsp3) is 0.778. The topological polar surface area (TPSA) is 151 Å². The molecule has 1 aliphatic rings. The van der Waals surface area contributed by atoms with Crippen molar-refractivity contribution in [2.75, 3.05) is 186 Å². The van der Waals surface area contributed by atoms with Crippen molar-refractivity contribution in [2.24, 2.45) is 0 Å². The monoisotopic (exact) mass is 746 g/mol. The van der Waals surface area contributed by atoms with Crippen molar-refractivity contribution in [2.45, 2.75) is 0 Å². The molecule has 2 rings (SSSR count). The molecular formula is C36H62N2O14. The second kappa shape index (κ2) is 33.4. The Morgan fingerprint density at radius 3 is 0.865 bits per heavy atom. The highest BCUT2D eigenvalue weighted by molar-refractivity contribution is 6.21. The molecule has 52 heavy (non-hydrogen) atoms. The number of benzene rings is 1. The second-order valence-corrected chi connectivity index (χ2v) is 11.5. The lowest BCUT2D eigenvalue weighted by Gasteiger charge is -2.13. The Bertz CT molecular complexity index is 971. The Labute approximate surface area is 309 Å². The van der Waals surface area contributed by atoms with Crippen molar-refractivity contribution in [3.63, 3.8) is 0 Å². The third-order valence-electron chi connectivity index (χ3n) is 7.11. The summed E-state index contributed by atoms with van der Waals surface area (Å²) in [6.07, 6.45) is 0. The summed E-state index contributed by atoms with van der Waals surface area (Å²) in [5.74, 6) is -0.556. The van der Waals surface area contributed by atoms with Gasteiger partial charge in [-0.2, -0.15) is 0 Å². The molecule has 300 valence electrons. The third kappa shape index (κ3) is 24.2. The van der Waals surface area contributed by atoms with Crippen LogP contribution in [0.25, 0.3) is 0 Å². The smallest absolute Gasteiger partial charge is 0.261 e. The number of likely N-dealkylation sites (N-methyl/N-ethyl adjacent to an activating group) is 1. The van der Waals surface area contributed by atoms with Crippen molar-refractivity contribution in [3.05, 3.63) is 35.4 Å². The first-order valence-electron chi connectivity index (χ1n) is 18.1. The van der Waals surface area contributed by atoms with Gasteiger partial charge in [-0.3, -0.25) is 14.5 Å². The fourth-order valence-electron chi connectivity index (χ4n) is 4.37. The van der Waals surface area contributed by atoms with Gasteiger partial charge in [0.15, 0.2) is 0 Å². The SMILES string of the molecule is CN(C)CCOCCOCCOCCOCCOCCOCCOCCOCCOCCOCCOCCOCCN1C(=O)c2ccccc2C1=O. The Hall–Kier alpha value is -2.16. The quantitative estimate of drug-likeness (QED) is 0.0697. The van der Waals surface area contributed by atoms with Crippen molar-refractivity contribution in [1.82, 2.24) is 9.80 Å². The van der Waals surface area contributed by atoms with Crippen LogP contribution in [-0.4, -0.2) is 207 Å². The van der Waals surface area contributed by atoms with Gasteiger partial charge >= 0.3 is 0 Å². The number of rotatable bonds is 39. The molecular weight excluding hydrogens is 684 g/mol. The molecule has 1 heterocycles. The molecule has 1 aromatic rings. The van der Waals surface area contributed by atoms with Crippen LogP contribution in [0.1, 0.15) is 20.7 Å². The van der Waals surface area contributed by atoms with Crippen molar-refractivity contribution < 1.29 is 66.4 Å². The summed E-state index contributed by atoms with van der Waals surface area (Å²) in [4.78, 5) is 27.9. The Kier molecular flexibility index (Phi) is 29.6. The maximum atomic E-state index is 12.3. The summed E-state index contributed by atoms with van der Waals surface area (Å²) < 4.78 is 65.7. The zero-order valence-electron chi connectivity index (χ0n) is 31.3. The molecule has 16 nitrogen and oxygen atoms in total. The average Bonchev–Trinajstić information content (AvgIpc) is 3.39. The summed E-state index contributed by atoms with van der Waals surface area (Å²) in [5, 5.41) is 0. The molecule has 0 radical (unpaired) electrons. The molecule has 0 unspecified atom stereocenters. The molecule has 0 fully saturated rings. The first kappa shape index (κ1) is 46.0. The van der Waals surface area contributed by atoms with E-state index in [1.807, 2.05) is 14.1 Å². The summed E-state index contributed by atoms with van der Waals surface area (Å²) in [6, 6.07) is 6.82. The number of hydrogen-bond donors (Lipinski definition) is 0. The van der Waals surface area contributed by atoms with Gasteiger partial charge in [0.2, 0.25) is 0 Å². The maximum Gasteiger partial charge on any atom is 0.261 e. The predicted octanol–water partition coefficient (Wildman–Crippen LogP) is 1.04. The highest BCUT2D eigenvalue weighted by Gasteiger charge is 2.34. The van der Waals surface area contributed by atoms with E-state index in [1.54, 1.807) is 24.3 Å². The molecule has 0 atom stereocenters. The summed E-state index contributed by atoms with van der Waals surface area (Å²) in [5.41, 5.74) is 0.883. The van der Waals surface area contributed by atoms with E-state index < -0.39 is 0 Å².